The maximum atomic E-state index is 12.8. The molecule has 1 aliphatic heterocycles. The minimum Gasteiger partial charge on any atom is -0.461 e. The standard InChI is InChI=1S/C23H31N3O4S/c1-4-30-23(29)21-15(2)19(16(3)25-21)9-10-20(27)26-11-5-7-17(14-26)22(28)24-13-18-8-6-12-31-18/h6,8,12,17,25H,4-5,7,9-11,13-14H2,1-3H3,(H,24,28). The Morgan fingerprint density at radius 2 is 2.13 bits per heavy atom. The third-order valence-electron chi connectivity index (χ3n) is 5.82. The first kappa shape index (κ1) is 23.1. The number of aromatic amines is 1. The zero-order chi connectivity index (χ0) is 22.4. The van der Waals surface area contributed by atoms with Gasteiger partial charge in [0.2, 0.25) is 11.8 Å². The number of ether oxygens (including phenoxy) is 1. The van der Waals surface area contributed by atoms with Crippen LogP contribution in [0.25, 0.3) is 0 Å². The highest BCUT2D eigenvalue weighted by atomic mass is 32.1. The van der Waals surface area contributed by atoms with Crippen molar-refractivity contribution >= 4 is 29.1 Å². The van der Waals surface area contributed by atoms with Crippen molar-refractivity contribution in [3.8, 4) is 0 Å². The van der Waals surface area contributed by atoms with Gasteiger partial charge in [0.1, 0.15) is 5.69 Å². The smallest absolute Gasteiger partial charge is 0.355 e. The Hall–Kier alpha value is -2.61. The number of piperidine rings is 1. The Bertz CT molecular complexity index is 920. The van der Waals surface area contributed by atoms with Crippen molar-refractivity contribution in [2.45, 2.75) is 53.0 Å². The van der Waals surface area contributed by atoms with E-state index < -0.39 is 0 Å². The number of nitrogens with zero attached hydrogens (tertiary/aromatic N) is 1. The van der Waals surface area contributed by atoms with Crippen LogP contribution in [0.4, 0.5) is 0 Å². The molecule has 7 nitrogen and oxygen atoms in total. The Kier molecular flexibility index (Phi) is 7.90. The number of amides is 2. The predicted octanol–water partition coefficient (Wildman–Crippen LogP) is 3.36. The third-order valence-corrected chi connectivity index (χ3v) is 6.70. The Morgan fingerprint density at radius 3 is 2.84 bits per heavy atom. The van der Waals surface area contributed by atoms with Gasteiger partial charge in [-0.05, 0) is 62.6 Å². The molecule has 1 unspecified atom stereocenters. The summed E-state index contributed by atoms with van der Waals surface area (Å²) in [6.07, 6.45) is 2.54. The molecule has 1 aliphatic rings. The molecular formula is C23H31N3O4S. The van der Waals surface area contributed by atoms with Gasteiger partial charge in [0.15, 0.2) is 0 Å². The van der Waals surface area contributed by atoms with E-state index in [1.165, 1.54) is 0 Å². The van der Waals surface area contributed by atoms with Crippen LogP contribution in [0.2, 0.25) is 0 Å². The first-order valence-corrected chi connectivity index (χ1v) is 11.7. The predicted molar refractivity (Wildman–Crippen MR) is 120 cm³/mol. The lowest BCUT2D eigenvalue weighted by Crippen LogP contribution is -2.45. The van der Waals surface area contributed by atoms with Gasteiger partial charge in [-0.15, -0.1) is 11.3 Å². The molecule has 1 atom stereocenters. The monoisotopic (exact) mass is 445 g/mol. The molecule has 2 aromatic rings. The van der Waals surface area contributed by atoms with Crippen LogP contribution in [0.5, 0.6) is 0 Å². The molecule has 1 fully saturated rings. The summed E-state index contributed by atoms with van der Waals surface area (Å²) in [7, 11) is 0. The number of nitrogens with one attached hydrogen (secondary N) is 2. The average Bonchev–Trinajstić information content (AvgIpc) is 3.38. The lowest BCUT2D eigenvalue weighted by Gasteiger charge is -2.32. The fraction of sp³-hybridized carbons (Fsp3) is 0.522. The summed E-state index contributed by atoms with van der Waals surface area (Å²) < 4.78 is 5.09. The molecular weight excluding hydrogens is 414 g/mol. The normalized spacial score (nSPS) is 16.2. The van der Waals surface area contributed by atoms with Crippen molar-refractivity contribution in [2.24, 2.45) is 5.92 Å². The first-order valence-electron chi connectivity index (χ1n) is 10.8. The van der Waals surface area contributed by atoms with Crippen LogP contribution in [0.1, 0.15) is 58.4 Å². The summed E-state index contributed by atoms with van der Waals surface area (Å²) >= 11 is 1.62. The van der Waals surface area contributed by atoms with Crippen LogP contribution in [0.15, 0.2) is 17.5 Å². The van der Waals surface area contributed by atoms with E-state index in [2.05, 4.69) is 10.3 Å². The number of esters is 1. The number of hydrogen-bond acceptors (Lipinski definition) is 5. The SMILES string of the molecule is CCOC(=O)c1[nH]c(C)c(CCC(=O)N2CCCC(C(=O)NCc3cccs3)C2)c1C. The number of carbonyl (C=O) groups is 3. The van der Waals surface area contributed by atoms with Gasteiger partial charge in [-0.1, -0.05) is 6.07 Å². The number of H-pyrrole nitrogens is 1. The van der Waals surface area contributed by atoms with Crippen molar-refractivity contribution in [3.05, 3.63) is 44.9 Å². The van der Waals surface area contributed by atoms with Crippen LogP contribution in [0.3, 0.4) is 0 Å². The molecule has 8 heteroatoms. The molecule has 2 N–H and O–H groups in total. The van der Waals surface area contributed by atoms with Gasteiger partial charge in [-0.25, -0.2) is 4.79 Å². The molecule has 31 heavy (non-hydrogen) atoms. The summed E-state index contributed by atoms with van der Waals surface area (Å²) in [5, 5.41) is 4.99. The number of carbonyl (C=O) groups excluding carboxylic acids is 3. The summed E-state index contributed by atoms with van der Waals surface area (Å²) in [5.74, 6) is -0.465. The maximum absolute atomic E-state index is 12.8. The van der Waals surface area contributed by atoms with Gasteiger partial charge in [0.25, 0.3) is 0 Å². The number of rotatable bonds is 8. The summed E-state index contributed by atoms with van der Waals surface area (Å²) in [6, 6.07) is 3.97. The molecule has 3 rings (SSSR count). The molecule has 2 aromatic heterocycles. The Balaban J connectivity index is 1.53. The minimum atomic E-state index is -0.367. The van der Waals surface area contributed by atoms with E-state index in [0.717, 1.165) is 34.5 Å². The number of likely N-dealkylation sites (tertiary alicyclic amines) is 1. The van der Waals surface area contributed by atoms with Gasteiger partial charge in [-0.2, -0.15) is 0 Å². The van der Waals surface area contributed by atoms with Crippen LogP contribution in [-0.4, -0.2) is 47.4 Å². The van der Waals surface area contributed by atoms with Crippen molar-refractivity contribution in [3.63, 3.8) is 0 Å². The first-order chi connectivity index (χ1) is 14.9. The second-order valence-corrected chi connectivity index (χ2v) is 8.96. The Labute approximate surface area is 187 Å². The quantitative estimate of drug-likeness (QED) is 0.610. The largest absolute Gasteiger partial charge is 0.461 e. The summed E-state index contributed by atoms with van der Waals surface area (Å²) in [5.41, 5.74) is 3.17. The second kappa shape index (κ2) is 10.6. The van der Waals surface area contributed by atoms with E-state index in [1.54, 1.807) is 18.3 Å². The lowest BCUT2D eigenvalue weighted by molar-refractivity contribution is -0.135. The number of hydrogen-bond donors (Lipinski definition) is 2. The van der Waals surface area contributed by atoms with Crippen LogP contribution in [0, 0.1) is 19.8 Å². The van der Waals surface area contributed by atoms with Gasteiger partial charge < -0.3 is 19.9 Å². The summed E-state index contributed by atoms with van der Waals surface area (Å²) in [4.78, 5) is 43.5. The topological polar surface area (TPSA) is 91.5 Å². The van der Waals surface area contributed by atoms with E-state index in [9.17, 15) is 14.4 Å². The molecule has 0 radical (unpaired) electrons. The van der Waals surface area contributed by atoms with Crippen molar-refractivity contribution in [2.75, 3.05) is 19.7 Å². The highest BCUT2D eigenvalue weighted by molar-refractivity contribution is 7.09. The van der Waals surface area contributed by atoms with Gasteiger partial charge in [0.05, 0.1) is 19.1 Å². The third kappa shape index (κ3) is 5.76. The van der Waals surface area contributed by atoms with Crippen LogP contribution in [-0.2, 0) is 27.3 Å². The molecule has 1 saturated heterocycles. The zero-order valence-electron chi connectivity index (χ0n) is 18.5. The van der Waals surface area contributed by atoms with Crippen molar-refractivity contribution in [1.29, 1.82) is 0 Å². The fourth-order valence-electron chi connectivity index (χ4n) is 4.11. The molecule has 2 amide bonds. The summed E-state index contributed by atoms with van der Waals surface area (Å²) in [6.45, 7) is 7.57. The van der Waals surface area contributed by atoms with Crippen LogP contribution < -0.4 is 5.32 Å². The zero-order valence-corrected chi connectivity index (χ0v) is 19.3. The highest BCUT2D eigenvalue weighted by Gasteiger charge is 2.28. The van der Waals surface area contributed by atoms with E-state index in [1.807, 2.05) is 36.3 Å². The molecule has 0 saturated carbocycles. The molecule has 0 aromatic carbocycles. The van der Waals surface area contributed by atoms with E-state index >= 15 is 0 Å². The number of aromatic nitrogens is 1. The molecule has 0 aliphatic carbocycles. The average molecular weight is 446 g/mol. The van der Waals surface area contributed by atoms with E-state index in [-0.39, 0.29) is 23.7 Å². The van der Waals surface area contributed by atoms with E-state index in [4.69, 9.17) is 4.74 Å². The molecule has 0 bridgehead atoms. The van der Waals surface area contributed by atoms with E-state index in [0.29, 0.717) is 44.8 Å². The van der Waals surface area contributed by atoms with Crippen LogP contribution >= 0.6 is 11.3 Å². The van der Waals surface area contributed by atoms with Gasteiger partial charge >= 0.3 is 5.97 Å². The maximum Gasteiger partial charge on any atom is 0.355 e. The fourth-order valence-corrected chi connectivity index (χ4v) is 4.76. The highest BCUT2D eigenvalue weighted by Crippen LogP contribution is 2.22. The molecule has 0 spiro atoms. The Morgan fingerprint density at radius 1 is 1.32 bits per heavy atom. The second-order valence-electron chi connectivity index (χ2n) is 7.93. The molecule has 3 heterocycles. The number of thiophene rings is 1. The van der Waals surface area contributed by atoms with Crippen molar-refractivity contribution < 1.29 is 19.1 Å². The van der Waals surface area contributed by atoms with Gasteiger partial charge in [-0.3, -0.25) is 9.59 Å². The lowest BCUT2D eigenvalue weighted by atomic mass is 9.96. The number of aryl methyl sites for hydroxylation is 1. The van der Waals surface area contributed by atoms with Gasteiger partial charge in [0, 0.05) is 30.1 Å². The minimum absolute atomic E-state index is 0.0160. The van der Waals surface area contributed by atoms with Crippen molar-refractivity contribution in [1.82, 2.24) is 15.2 Å². The molecule has 168 valence electrons.